The average molecular weight is 520 g/mol. The number of anilines is 3. The van der Waals surface area contributed by atoms with Crippen LogP contribution in [0, 0.1) is 0 Å². The molecule has 8 nitrogen and oxygen atoms in total. The molecule has 2 N–H and O–H groups in total. The molecule has 4 rings (SSSR count). The van der Waals surface area contributed by atoms with Crippen LogP contribution in [0.15, 0.2) is 72.3 Å². The molecule has 37 heavy (non-hydrogen) atoms. The lowest BCUT2D eigenvalue weighted by Gasteiger charge is -2.26. The molecule has 1 unspecified atom stereocenters. The molecule has 1 aliphatic rings. The molecular weight excluding hydrogens is 494 g/mol. The summed E-state index contributed by atoms with van der Waals surface area (Å²) in [5, 5.41) is 14.4. The van der Waals surface area contributed by atoms with Gasteiger partial charge in [0.05, 0.1) is 24.3 Å². The first kappa shape index (κ1) is 25.8. The fourth-order valence-electron chi connectivity index (χ4n) is 4.29. The number of hydrogen-bond donors (Lipinski definition) is 2. The summed E-state index contributed by atoms with van der Waals surface area (Å²) in [5.41, 5.74) is 2.63. The van der Waals surface area contributed by atoms with Crippen molar-refractivity contribution in [2.45, 2.75) is 13.0 Å². The SMILES string of the molecule is COc1ccc(Cl)cc1/C(O)=C1\C(=O)C(=O)N(c2ccc(NC(C)=O)cc2)C1c1ccc(N(C)C)cc1. The molecule has 1 heterocycles. The van der Waals surface area contributed by atoms with Crippen molar-refractivity contribution in [1.82, 2.24) is 0 Å². The van der Waals surface area contributed by atoms with Gasteiger partial charge < -0.3 is 20.1 Å². The number of nitrogens with zero attached hydrogens (tertiary/aromatic N) is 2. The number of hydrogen-bond acceptors (Lipinski definition) is 6. The van der Waals surface area contributed by atoms with Crippen LogP contribution in [0.5, 0.6) is 5.75 Å². The Morgan fingerprint density at radius 2 is 1.68 bits per heavy atom. The van der Waals surface area contributed by atoms with Crippen LogP contribution in [0.2, 0.25) is 5.02 Å². The van der Waals surface area contributed by atoms with Crippen molar-refractivity contribution in [3.63, 3.8) is 0 Å². The van der Waals surface area contributed by atoms with Crippen LogP contribution in [0.3, 0.4) is 0 Å². The lowest BCUT2D eigenvalue weighted by Crippen LogP contribution is -2.29. The fourth-order valence-corrected chi connectivity index (χ4v) is 4.46. The van der Waals surface area contributed by atoms with E-state index in [4.69, 9.17) is 16.3 Å². The van der Waals surface area contributed by atoms with Crippen LogP contribution in [0.25, 0.3) is 5.76 Å². The molecule has 0 radical (unpaired) electrons. The summed E-state index contributed by atoms with van der Waals surface area (Å²) in [5.74, 6) is -1.96. The highest BCUT2D eigenvalue weighted by Gasteiger charge is 2.47. The molecule has 190 valence electrons. The van der Waals surface area contributed by atoms with Gasteiger partial charge in [-0.05, 0) is 60.2 Å². The predicted octanol–water partition coefficient (Wildman–Crippen LogP) is 5.00. The van der Waals surface area contributed by atoms with Crippen LogP contribution < -0.4 is 19.9 Å². The summed E-state index contributed by atoms with van der Waals surface area (Å²) in [6.07, 6.45) is 0. The molecule has 1 aliphatic heterocycles. The number of rotatable bonds is 6. The minimum atomic E-state index is -0.925. The van der Waals surface area contributed by atoms with Crippen LogP contribution in [0.4, 0.5) is 17.1 Å². The zero-order chi connectivity index (χ0) is 26.9. The summed E-state index contributed by atoms with van der Waals surface area (Å²) in [6, 6.07) is 17.7. The van der Waals surface area contributed by atoms with Crippen LogP contribution in [-0.2, 0) is 14.4 Å². The zero-order valence-corrected chi connectivity index (χ0v) is 21.5. The number of ether oxygens (including phenoxy) is 1. The molecule has 1 saturated heterocycles. The van der Waals surface area contributed by atoms with Crippen molar-refractivity contribution >= 4 is 52.0 Å². The molecule has 9 heteroatoms. The molecule has 2 amide bonds. The fraction of sp³-hybridized carbons (Fsp3) is 0.179. The molecular formula is C28H26ClN3O5. The first-order chi connectivity index (χ1) is 17.6. The van der Waals surface area contributed by atoms with E-state index in [1.54, 1.807) is 36.4 Å². The van der Waals surface area contributed by atoms with E-state index in [1.165, 1.54) is 25.0 Å². The van der Waals surface area contributed by atoms with Gasteiger partial charge in [0.2, 0.25) is 5.91 Å². The molecule has 0 spiro atoms. The van der Waals surface area contributed by atoms with Crippen molar-refractivity contribution in [3.8, 4) is 5.75 Å². The monoisotopic (exact) mass is 519 g/mol. The smallest absolute Gasteiger partial charge is 0.300 e. The number of carbonyl (C=O) groups excluding carboxylic acids is 3. The van der Waals surface area contributed by atoms with E-state index >= 15 is 0 Å². The van der Waals surface area contributed by atoms with Gasteiger partial charge in [-0.15, -0.1) is 0 Å². The maximum Gasteiger partial charge on any atom is 0.300 e. The Morgan fingerprint density at radius 1 is 1.03 bits per heavy atom. The van der Waals surface area contributed by atoms with E-state index in [1.807, 2.05) is 43.3 Å². The van der Waals surface area contributed by atoms with Gasteiger partial charge >= 0.3 is 0 Å². The maximum atomic E-state index is 13.4. The molecule has 0 saturated carbocycles. The van der Waals surface area contributed by atoms with Crippen molar-refractivity contribution in [1.29, 1.82) is 0 Å². The Morgan fingerprint density at radius 3 is 2.24 bits per heavy atom. The second-order valence-corrected chi connectivity index (χ2v) is 9.16. The number of benzene rings is 3. The van der Waals surface area contributed by atoms with Crippen molar-refractivity contribution in [3.05, 3.63) is 88.5 Å². The normalized spacial score (nSPS) is 16.6. The number of methoxy groups -OCH3 is 1. The topological polar surface area (TPSA) is 99.2 Å². The van der Waals surface area contributed by atoms with Crippen molar-refractivity contribution < 1.29 is 24.2 Å². The first-order valence-corrected chi connectivity index (χ1v) is 11.8. The minimum absolute atomic E-state index is 0.0888. The predicted molar refractivity (Wildman–Crippen MR) is 144 cm³/mol. The summed E-state index contributed by atoms with van der Waals surface area (Å²) < 4.78 is 5.38. The Labute approximate surface area is 219 Å². The molecule has 1 fully saturated rings. The van der Waals surface area contributed by atoms with E-state index in [9.17, 15) is 19.5 Å². The largest absolute Gasteiger partial charge is 0.507 e. The van der Waals surface area contributed by atoms with Gasteiger partial charge in [0, 0.05) is 43.1 Å². The Bertz CT molecular complexity index is 1400. The highest BCUT2D eigenvalue weighted by atomic mass is 35.5. The number of halogens is 1. The number of ketones is 1. The molecule has 3 aromatic carbocycles. The van der Waals surface area contributed by atoms with Gasteiger partial charge in [-0.3, -0.25) is 19.3 Å². The summed E-state index contributed by atoms with van der Waals surface area (Å²) in [7, 11) is 5.25. The van der Waals surface area contributed by atoms with E-state index < -0.39 is 23.5 Å². The third kappa shape index (κ3) is 5.01. The standard InChI is InChI=1S/C28H26ClN3O5/c1-16(33)30-19-8-12-21(13-9-19)32-25(17-5-10-20(11-6-17)31(2)3)24(27(35)28(32)36)26(34)22-15-18(29)7-14-23(22)37-4/h5-15,25,34H,1-4H3,(H,30,33)/b26-24+. The second-order valence-electron chi connectivity index (χ2n) is 8.73. The minimum Gasteiger partial charge on any atom is -0.507 e. The van der Waals surface area contributed by atoms with Crippen LogP contribution in [-0.4, -0.2) is 43.9 Å². The number of Topliss-reactive ketones (excluding diaryl/α,β-unsaturated/α-hetero) is 1. The second kappa shape index (κ2) is 10.4. The average Bonchev–Trinajstić information content (AvgIpc) is 3.14. The lowest BCUT2D eigenvalue weighted by atomic mass is 9.94. The van der Waals surface area contributed by atoms with Gasteiger partial charge in [-0.25, -0.2) is 0 Å². The van der Waals surface area contributed by atoms with Gasteiger partial charge in [-0.2, -0.15) is 0 Å². The van der Waals surface area contributed by atoms with Crippen molar-refractivity contribution in [2.24, 2.45) is 0 Å². The van der Waals surface area contributed by atoms with E-state index in [2.05, 4.69) is 5.32 Å². The molecule has 0 bridgehead atoms. The van der Waals surface area contributed by atoms with E-state index in [0.29, 0.717) is 27.7 Å². The Kier molecular flexibility index (Phi) is 7.22. The van der Waals surface area contributed by atoms with Gasteiger partial charge in [0.25, 0.3) is 11.7 Å². The highest BCUT2D eigenvalue weighted by Crippen LogP contribution is 2.44. The Hall–Kier alpha value is -4.30. The summed E-state index contributed by atoms with van der Waals surface area (Å²) in [6.45, 7) is 1.40. The molecule has 1 atom stereocenters. The van der Waals surface area contributed by atoms with E-state index in [0.717, 1.165) is 5.69 Å². The Balaban J connectivity index is 1.92. The third-order valence-corrected chi connectivity index (χ3v) is 6.29. The summed E-state index contributed by atoms with van der Waals surface area (Å²) >= 11 is 6.18. The van der Waals surface area contributed by atoms with Gasteiger partial charge in [0.15, 0.2) is 0 Å². The van der Waals surface area contributed by atoms with Crippen molar-refractivity contribution in [2.75, 3.05) is 36.3 Å². The number of amides is 2. The number of aliphatic hydroxyl groups excluding tert-OH is 1. The first-order valence-electron chi connectivity index (χ1n) is 11.4. The maximum absolute atomic E-state index is 13.4. The summed E-state index contributed by atoms with van der Waals surface area (Å²) in [4.78, 5) is 41.5. The number of aliphatic hydroxyl groups is 1. The van der Waals surface area contributed by atoms with Gasteiger partial charge in [0.1, 0.15) is 11.5 Å². The molecule has 0 aromatic heterocycles. The third-order valence-electron chi connectivity index (χ3n) is 6.05. The zero-order valence-electron chi connectivity index (χ0n) is 20.8. The van der Waals surface area contributed by atoms with Crippen LogP contribution >= 0.6 is 11.6 Å². The highest BCUT2D eigenvalue weighted by molar-refractivity contribution is 6.51. The van der Waals surface area contributed by atoms with E-state index in [-0.39, 0.29) is 17.0 Å². The number of nitrogens with one attached hydrogen (secondary N) is 1. The van der Waals surface area contributed by atoms with Crippen LogP contribution in [0.1, 0.15) is 24.1 Å². The van der Waals surface area contributed by atoms with Gasteiger partial charge in [-0.1, -0.05) is 23.7 Å². The molecule has 3 aromatic rings. The number of carbonyl (C=O) groups is 3. The quantitative estimate of drug-likeness (QED) is 0.270. The molecule has 0 aliphatic carbocycles. The lowest BCUT2D eigenvalue weighted by molar-refractivity contribution is -0.132.